The summed E-state index contributed by atoms with van der Waals surface area (Å²) >= 11 is 0. The molecule has 16 heavy (non-hydrogen) atoms. The van der Waals surface area contributed by atoms with Crippen molar-refractivity contribution in [2.45, 2.75) is 45.4 Å². The van der Waals surface area contributed by atoms with E-state index in [1.165, 1.54) is 11.1 Å². The van der Waals surface area contributed by atoms with Crippen LogP contribution < -0.4 is 4.72 Å². The molecular weight excluding hydrogens is 218 g/mol. The second-order valence-corrected chi connectivity index (χ2v) is 7.13. The maximum Gasteiger partial charge on any atom is 0.0975 e. The molecule has 0 bridgehead atoms. The van der Waals surface area contributed by atoms with Crippen LogP contribution in [0.15, 0.2) is 24.3 Å². The molecule has 0 aromatic heterocycles. The average molecular weight is 239 g/mol. The summed E-state index contributed by atoms with van der Waals surface area (Å²) < 4.78 is 14.8. The molecule has 0 fully saturated rings. The van der Waals surface area contributed by atoms with Gasteiger partial charge in [-0.3, -0.25) is 0 Å². The Bertz CT molecular complexity index is 382. The summed E-state index contributed by atoms with van der Waals surface area (Å²) in [5.41, 5.74) is 2.41. The molecule has 0 aliphatic carbocycles. The molecule has 90 valence electrons. The predicted molar refractivity (Wildman–Crippen MR) is 70.6 cm³/mol. The van der Waals surface area contributed by atoms with Crippen LogP contribution in [0, 0.1) is 6.92 Å². The standard InChI is InChI=1S/C13H21NOS/c1-10-7-6-8-12(9-10)11(2)14-16(15)13(3,4)5/h6-9,11,14H,1-5H3/t11?,16-/m1/s1. The Morgan fingerprint density at radius 1 is 1.31 bits per heavy atom. The third kappa shape index (κ3) is 3.72. The lowest BCUT2D eigenvalue weighted by Crippen LogP contribution is -2.34. The Morgan fingerprint density at radius 2 is 1.94 bits per heavy atom. The first kappa shape index (κ1) is 13.4. The summed E-state index contributed by atoms with van der Waals surface area (Å²) in [7, 11) is -1.02. The van der Waals surface area contributed by atoms with Crippen LogP contribution in [-0.2, 0) is 11.0 Å². The van der Waals surface area contributed by atoms with Gasteiger partial charge in [0.05, 0.1) is 15.7 Å². The zero-order valence-corrected chi connectivity index (χ0v) is 11.5. The van der Waals surface area contributed by atoms with Crippen molar-refractivity contribution < 1.29 is 4.21 Å². The van der Waals surface area contributed by atoms with Crippen molar-refractivity contribution in [2.75, 3.05) is 0 Å². The molecule has 0 spiro atoms. The molecule has 0 amide bonds. The van der Waals surface area contributed by atoms with E-state index in [-0.39, 0.29) is 10.8 Å². The zero-order valence-electron chi connectivity index (χ0n) is 10.7. The van der Waals surface area contributed by atoms with Gasteiger partial charge in [0.15, 0.2) is 0 Å². The van der Waals surface area contributed by atoms with E-state index in [1.54, 1.807) is 0 Å². The summed E-state index contributed by atoms with van der Waals surface area (Å²) in [5.74, 6) is 0. The van der Waals surface area contributed by atoms with Crippen molar-refractivity contribution in [1.82, 2.24) is 4.72 Å². The topological polar surface area (TPSA) is 29.1 Å². The highest BCUT2D eigenvalue weighted by Gasteiger charge is 2.21. The molecule has 0 radical (unpaired) electrons. The van der Waals surface area contributed by atoms with Crippen molar-refractivity contribution in [3.63, 3.8) is 0 Å². The Labute approximate surface area is 101 Å². The molecule has 0 heterocycles. The quantitative estimate of drug-likeness (QED) is 0.862. The van der Waals surface area contributed by atoms with Crippen LogP contribution in [0.25, 0.3) is 0 Å². The van der Waals surface area contributed by atoms with E-state index in [4.69, 9.17) is 0 Å². The Kier molecular flexibility index (Phi) is 4.28. The minimum Gasteiger partial charge on any atom is -0.242 e. The molecule has 1 rings (SSSR count). The van der Waals surface area contributed by atoms with E-state index < -0.39 is 11.0 Å². The van der Waals surface area contributed by atoms with E-state index in [9.17, 15) is 4.21 Å². The van der Waals surface area contributed by atoms with E-state index in [0.29, 0.717) is 0 Å². The summed E-state index contributed by atoms with van der Waals surface area (Å²) in [6.45, 7) is 10.0. The maximum absolute atomic E-state index is 11.9. The van der Waals surface area contributed by atoms with Gasteiger partial charge in [0.1, 0.15) is 0 Å². The number of rotatable bonds is 3. The van der Waals surface area contributed by atoms with Gasteiger partial charge in [-0.05, 0) is 40.2 Å². The van der Waals surface area contributed by atoms with Crippen LogP contribution in [0.2, 0.25) is 0 Å². The van der Waals surface area contributed by atoms with Crippen molar-refractivity contribution in [1.29, 1.82) is 0 Å². The van der Waals surface area contributed by atoms with Gasteiger partial charge in [0, 0.05) is 6.04 Å². The lowest BCUT2D eigenvalue weighted by atomic mass is 10.1. The first-order valence-corrected chi connectivity index (χ1v) is 6.70. The van der Waals surface area contributed by atoms with Crippen molar-refractivity contribution in [3.05, 3.63) is 35.4 Å². The molecule has 2 atom stereocenters. The molecule has 3 heteroatoms. The average Bonchev–Trinajstić information content (AvgIpc) is 2.16. The van der Waals surface area contributed by atoms with Crippen LogP contribution in [0.1, 0.15) is 44.9 Å². The second kappa shape index (κ2) is 5.11. The minimum atomic E-state index is -1.02. The minimum absolute atomic E-state index is 0.111. The fourth-order valence-electron chi connectivity index (χ4n) is 1.34. The van der Waals surface area contributed by atoms with Crippen LogP contribution in [0.4, 0.5) is 0 Å². The van der Waals surface area contributed by atoms with E-state index >= 15 is 0 Å². The van der Waals surface area contributed by atoms with Crippen molar-refractivity contribution in [3.8, 4) is 0 Å². The second-order valence-electron chi connectivity index (χ2n) is 5.13. The summed E-state index contributed by atoms with van der Waals surface area (Å²) in [5, 5.41) is 0. The first-order valence-electron chi connectivity index (χ1n) is 5.55. The van der Waals surface area contributed by atoms with Crippen molar-refractivity contribution >= 4 is 11.0 Å². The lowest BCUT2D eigenvalue weighted by Gasteiger charge is -2.22. The van der Waals surface area contributed by atoms with Crippen LogP contribution in [0.5, 0.6) is 0 Å². The number of aryl methyl sites for hydroxylation is 1. The van der Waals surface area contributed by atoms with Gasteiger partial charge in [-0.15, -0.1) is 0 Å². The highest BCUT2D eigenvalue weighted by molar-refractivity contribution is 7.84. The third-order valence-corrected chi connectivity index (χ3v) is 4.06. The monoisotopic (exact) mass is 239 g/mol. The molecule has 1 aromatic carbocycles. The number of hydrogen-bond acceptors (Lipinski definition) is 1. The first-order chi connectivity index (χ1) is 7.30. The smallest absolute Gasteiger partial charge is 0.0975 e. The molecular formula is C13H21NOS. The van der Waals surface area contributed by atoms with Gasteiger partial charge in [-0.25, -0.2) is 8.93 Å². The number of nitrogens with one attached hydrogen (secondary N) is 1. The highest BCUT2D eigenvalue weighted by Crippen LogP contribution is 2.17. The molecule has 2 nitrogen and oxygen atoms in total. The molecule has 1 aromatic rings. The van der Waals surface area contributed by atoms with Gasteiger partial charge in [0.25, 0.3) is 0 Å². The zero-order chi connectivity index (χ0) is 12.3. The molecule has 0 saturated heterocycles. The van der Waals surface area contributed by atoms with Gasteiger partial charge in [0.2, 0.25) is 0 Å². The molecule has 1 N–H and O–H groups in total. The van der Waals surface area contributed by atoms with E-state index in [1.807, 2.05) is 33.8 Å². The molecule has 0 aliphatic heterocycles. The Hall–Kier alpha value is -0.670. The largest absolute Gasteiger partial charge is 0.242 e. The van der Waals surface area contributed by atoms with E-state index in [0.717, 1.165) is 0 Å². The molecule has 1 unspecified atom stereocenters. The van der Waals surface area contributed by atoms with Crippen LogP contribution in [0.3, 0.4) is 0 Å². The van der Waals surface area contributed by atoms with E-state index in [2.05, 4.69) is 29.8 Å². The molecule has 0 saturated carbocycles. The van der Waals surface area contributed by atoms with Gasteiger partial charge < -0.3 is 0 Å². The van der Waals surface area contributed by atoms with Crippen LogP contribution >= 0.6 is 0 Å². The summed E-state index contributed by atoms with van der Waals surface area (Å²) in [6, 6.07) is 8.39. The van der Waals surface area contributed by atoms with Gasteiger partial charge in [-0.2, -0.15) is 0 Å². The Balaban J connectivity index is 2.73. The lowest BCUT2D eigenvalue weighted by molar-refractivity contribution is 0.616. The predicted octanol–water partition coefficient (Wildman–Crippen LogP) is 3.11. The van der Waals surface area contributed by atoms with Gasteiger partial charge >= 0.3 is 0 Å². The third-order valence-electron chi connectivity index (χ3n) is 2.38. The highest BCUT2D eigenvalue weighted by atomic mass is 32.2. The van der Waals surface area contributed by atoms with Crippen LogP contribution in [-0.4, -0.2) is 8.96 Å². The Morgan fingerprint density at radius 3 is 2.44 bits per heavy atom. The maximum atomic E-state index is 11.9. The molecule has 0 aliphatic rings. The number of hydrogen-bond donors (Lipinski definition) is 1. The summed E-state index contributed by atoms with van der Waals surface area (Å²) in [6.07, 6.45) is 0. The fourth-order valence-corrected chi connectivity index (χ4v) is 2.16. The SMILES string of the molecule is Cc1cccc(C(C)N[S@](=O)C(C)(C)C)c1. The normalized spacial score (nSPS) is 15.8. The number of benzene rings is 1. The van der Waals surface area contributed by atoms with Gasteiger partial charge in [-0.1, -0.05) is 29.8 Å². The summed E-state index contributed by atoms with van der Waals surface area (Å²) in [4.78, 5) is 0. The van der Waals surface area contributed by atoms with Crippen molar-refractivity contribution in [2.24, 2.45) is 0 Å². The fraction of sp³-hybridized carbons (Fsp3) is 0.538.